The Kier molecular flexibility index (Phi) is 3.87. The third-order valence-corrected chi connectivity index (χ3v) is 3.08. The highest BCUT2D eigenvalue weighted by Crippen LogP contribution is 2.35. The van der Waals surface area contributed by atoms with E-state index in [9.17, 15) is 14.4 Å². The fraction of sp³-hybridized carbons (Fsp3) is 0.700. The largest absolute Gasteiger partial charge is 0.469 e. The van der Waals surface area contributed by atoms with Crippen molar-refractivity contribution in [2.45, 2.75) is 19.3 Å². The molecule has 6 heteroatoms. The SMILES string of the molecule is COC(=O)C1(CC=O)CCN(C(=O)O)CC1. The molecule has 0 atom stereocenters. The highest BCUT2D eigenvalue weighted by Gasteiger charge is 2.42. The number of hydrogen-bond donors (Lipinski definition) is 1. The highest BCUT2D eigenvalue weighted by molar-refractivity contribution is 5.80. The first-order valence-electron chi connectivity index (χ1n) is 5.05. The van der Waals surface area contributed by atoms with Gasteiger partial charge in [0.2, 0.25) is 0 Å². The maximum atomic E-state index is 11.6. The second kappa shape index (κ2) is 4.96. The predicted molar refractivity (Wildman–Crippen MR) is 54.0 cm³/mol. The van der Waals surface area contributed by atoms with E-state index >= 15 is 0 Å². The summed E-state index contributed by atoms with van der Waals surface area (Å²) in [6.07, 6.45) is 0.459. The van der Waals surface area contributed by atoms with Gasteiger partial charge in [-0.1, -0.05) is 0 Å². The fourth-order valence-electron chi connectivity index (χ4n) is 1.99. The van der Waals surface area contributed by atoms with Crippen LogP contribution in [0.25, 0.3) is 0 Å². The molecule has 0 unspecified atom stereocenters. The van der Waals surface area contributed by atoms with Crippen molar-refractivity contribution in [3.05, 3.63) is 0 Å². The quantitative estimate of drug-likeness (QED) is 0.563. The maximum absolute atomic E-state index is 11.6. The summed E-state index contributed by atoms with van der Waals surface area (Å²) in [5.41, 5.74) is -0.831. The molecule has 1 heterocycles. The second-order valence-electron chi connectivity index (χ2n) is 3.91. The minimum absolute atomic E-state index is 0.0904. The van der Waals surface area contributed by atoms with Gasteiger partial charge in [-0.3, -0.25) is 4.79 Å². The third kappa shape index (κ3) is 2.32. The van der Waals surface area contributed by atoms with Gasteiger partial charge in [0.15, 0.2) is 0 Å². The first-order chi connectivity index (χ1) is 7.55. The van der Waals surface area contributed by atoms with Crippen LogP contribution in [0.5, 0.6) is 0 Å². The summed E-state index contributed by atoms with van der Waals surface area (Å²) in [5.74, 6) is -0.426. The number of methoxy groups -OCH3 is 1. The number of carbonyl (C=O) groups is 3. The average molecular weight is 229 g/mol. The first-order valence-corrected chi connectivity index (χ1v) is 5.05. The van der Waals surface area contributed by atoms with Crippen LogP contribution in [-0.2, 0) is 14.3 Å². The topological polar surface area (TPSA) is 83.9 Å². The molecular weight excluding hydrogens is 214 g/mol. The van der Waals surface area contributed by atoms with Crippen molar-refractivity contribution in [3.8, 4) is 0 Å². The molecule has 0 saturated carbocycles. The molecule has 16 heavy (non-hydrogen) atoms. The molecule has 1 amide bonds. The molecule has 1 N–H and O–H groups in total. The van der Waals surface area contributed by atoms with Gasteiger partial charge in [0.05, 0.1) is 12.5 Å². The van der Waals surface area contributed by atoms with Crippen LogP contribution in [0, 0.1) is 5.41 Å². The van der Waals surface area contributed by atoms with E-state index in [4.69, 9.17) is 5.11 Å². The number of piperidine rings is 1. The molecule has 0 spiro atoms. The Morgan fingerprint density at radius 3 is 2.38 bits per heavy atom. The van der Waals surface area contributed by atoms with E-state index < -0.39 is 17.5 Å². The van der Waals surface area contributed by atoms with Gasteiger partial charge in [0.1, 0.15) is 6.29 Å². The second-order valence-corrected chi connectivity index (χ2v) is 3.91. The zero-order chi connectivity index (χ0) is 12.2. The van der Waals surface area contributed by atoms with E-state index in [1.54, 1.807) is 0 Å². The normalized spacial score (nSPS) is 18.9. The van der Waals surface area contributed by atoms with Gasteiger partial charge in [0.25, 0.3) is 0 Å². The Morgan fingerprint density at radius 1 is 1.44 bits per heavy atom. The van der Waals surface area contributed by atoms with Crippen molar-refractivity contribution in [2.75, 3.05) is 20.2 Å². The lowest BCUT2D eigenvalue weighted by molar-refractivity contribution is -0.157. The Bertz CT molecular complexity index is 294. The van der Waals surface area contributed by atoms with Gasteiger partial charge < -0.3 is 19.5 Å². The van der Waals surface area contributed by atoms with Gasteiger partial charge in [-0.2, -0.15) is 0 Å². The number of nitrogens with zero attached hydrogens (tertiary/aromatic N) is 1. The Labute approximate surface area is 93.2 Å². The van der Waals surface area contributed by atoms with Crippen molar-refractivity contribution in [1.29, 1.82) is 0 Å². The summed E-state index contributed by atoms with van der Waals surface area (Å²) in [5, 5.41) is 8.77. The molecule has 0 radical (unpaired) electrons. The van der Waals surface area contributed by atoms with Crippen LogP contribution in [-0.4, -0.2) is 48.6 Å². The number of likely N-dealkylation sites (tertiary alicyclic amines) is 1. The van der Waals surface area contributed by atoms with Gasteiger partial charge >= 0.3 is 12.1 Å². The van der Waals surface area contributed by atoms with E-state index in [1.165, 1.54) is 12.0 Å². The molecule has 90 valence electrons. The van der Waals surface area contributed by atoms with E-state index in [1.807, 2.05) is 0 Å². The van der Waals surface area contributed by atoms with Gasteiger partial charge in [-0.05, 0) is 12.8 Å². The van der Waals surface area contributed by atoms with E-state index in [2.05, 4.69) is 4.74 Å². The van der Waals surface area contributed by atoms with E-state index in [0.717, 1.165) is 0 Å². The summed E-state index contributed by atoms with van der Waals surface area (Å²) in [6.45, 7) is 0.524. The zero-order valence-electron chi connectivity index (χ0n) is 9.14. The van der Waals surface area contributed by atoms with Crippen molar-refractivity contribution in [2.24, 2.45) is 5.41 Å². The zero-order valence-corrected chi connectivity index (χ0v) is 9.14. The Morgan fingerprint density at radius 2 is 2.00 bits per heavy atom. The summed E-state index contributed by atoms with van der Waals surface area (Å²) >= 11 is 0. The molecule has 6 nitrogen and oxygen atoms in total. The lowest BCUT2D eigenvalue weighted by Crippen LogP contribution is -2.46. The number of rotatable bonds is 3. The van der Waals surface area contributed by atoms with Crippen LogP contribution in [0.2, 0.25) is 0 Å². The number of aldehydes is 1. The molecule has 0 bridgehead atoms. The molecule has 1 aliphatic rings. The molecule has 1 aliphatic heterocycles. The van der Waals surface area contributed by atoms with E-state index in [-0.39, 0.29) is 19.5 Å². The Hall–Kier alpha value is -1.59. The monoisotopic (exact) mass is 229 g/mol. The molecule has 0 aromatic rings. The smallest absolute Gasteiger partial charge is 0.407 e. The highest BCUT2D eigenvalue weighted by atomic mass is 16.5. The summed E-state index contributed by atoms with van der Waals surface area (Å²) < 4.78 is 4.68. The van der Waals surface area contributed by atoms with Gasteiger partial charge in [-0.15, -0.1) is 0 Å². The fourth-order valence-corrected chi connectivity index (χ4v) is 1.99. The number of carbonyl (C=O) groups excluding carboxylic acids is 2. The number of carboxylic acid groups (broad SMARTS) is 1. The standard InChI is InChI=1S/C10H15NO5/c1-16-8(13)10(4-7-12)2-5-11(6-3-10)9(14)15/h7H,2-6H2,1H3,(H,14,15). The lowest BCUT2D eigenvalue weighted by Gasteiger charge is -2.37. The number of ether oxygens (including phenoxy) is 1. The lowest BCUT2D eigenvalue weighted by atomic mass is 9.76. The van der Waals surface area contributed by atoms with Crippen LogP contribution < -0.4 is 0 Å². The van der Waals surface area contributed by atoms with Crippen molar-refractivity contribution >= 4 is 18.3 Å². The molecule has 1 fully saturated rings. The van der Waals surface area contributed by atoms with Gasteiger partial charge in [0, 0.05) is 19.5 Å². The molecular formula is C10H15NO5. The molecule has 1 saturated heterocycles. The average Bonchev–Trinajstić information content (AvgIpc) is 2.29. The molecule has 0 aromatic heterocycles. The molecule has 1 rings (SSSR count). The minimum Gasteiger partial charge on any atom is -0.469 e. The number of amides is 1. The van der Waals surface area contributed by atoms with Crippen molar-refractivity contribution in [3.63, 3.8) is 0 Å². The predicted octanol–water partition coefficient (Wildman–Crippen LogP) is 0.509. The van der Waals surface area contributed by atoms with Gasteiger partial charge in [-0.25, -0.2) is 4.79 Å². The van der Waals surface area contributed by atoms with Crippen LogP contribution in [0.1, 0.15) is 19.3 Å². The summed E-state index contributed by atoms with van der Waals surface area (Å²) in [4.78, 5) is 34.1. The first kappa shape index (κ1) is 12.5. The molecule has 0 aliphatic carbocycles. The van der Waals surface area contributed by atoms with E-state index in [0.29, 0.717) is 19.1 Å². The summed E-state index contributed by atoms with van der Waals surface area (Å²) in [7, 11) is 1.28. The van der Waals surface area contributed by atoms with Crippen LogP contribution in [0.4, 0.5) is 4.79 Å². The summed E-state index contributed by atoms with van der Waals surface area (Å²) in [6, 6.07) is 0. The number of hydrogen-bond acceptors (Lipinski definition) is 4. The third-order valence-electron chi connectivity index (χ3n) is 3.08. The Balaban J connectivity index is 2.73. The van der Waals surface area contributed by atoms with Crippen molar-refractivity contribution < 1.29 is 24.2 Å². The molecule has 0 aromatic carbocycles. The van der Waals surface area contributed by atoms with Crippen molar-refractivity contribution in [1.82, 2.24) is 4.90 Å². The van der Waals surface area contributed by atoms with Crippen LogP contribution in [0.15, 0.2) is 0 Å². The van der Waals surface area contributed by atoms with Crippen LogP contribution in [0.3, 0.4) is 0 Å². The minimum atomic E-state index is -0.996. The number of esters is 1. The maximum Gasteiger partial charge on any atom is 0.407 e. The van der Waals surface area contributed by atoms with Crippen LogP contribution >= 0.6 is 0 Å².